The molecule has 31 heavy (non-hydrogen) atoms. The van der Waals surface area contributed by atoms with E-state index in [1.807, 2.05) is 30.3 Å². The maximum atomic E-state index is 12.4. The summed E-state index contributed by atoms with van der Waals surface area (Å²) in [5.41, 5.74) is -0.801. The van der Waals surface area contributed by atoms with Crippen molar-refractivity contribution in [2.75, 3.05) is 0 Å². The fourth-order valence-corrected chi connectivity index (χ4v) is 2.49. The molecule has 0 radical (unpaired) electrons. The summed E-state index contributed by atoms with van der Waals surface area (Å²) in [5, 5.41) is 38.1. The molecule has 158 valence electrons. The van der Waals surface area contributed by atoms with Gasteiger partial charge in [0, 0.05) is 12.6 Å². The Morgan fingerprint density at radius 2 is 2.10 bits per heavy atom. The van der Waals surface area contributed by atoms with Crippen molar-refractivity contribution in [2.45, 2.75) is 13.5 Å². The smallest absolute Gasteiger partial charge is 0.299 e. The zero-order valence-corrected chi connectivity index (χ0v) is 16.8. The first kappa shape index (κ1) is 22.8. The summed E-state index contributed by atoms with van der Waals surface area (Å²) in [5.74, 6) is -0.507. The van der Waals surface area contributed by atoms with Gasteiger partial charge < -0.3 is 9.84 Å². The van der Waals surface area contributed by atoms with Crippen LogP contribution in [0, 0.1) is 28.4 Å². The van der Waals surface area contributed by atoms with Gasteiger partial charge in [-0.15, -0.1) is 10.2 Å². The molecule has 1 N–H and O–H groups in total. The second-order valence-electron chi connectivity index (χ2n) is 6.18. The molecule has 0 aliphatic carbocycles. The molecule has 1 heterocycles. The van der Waals surface area contributed by atoms with Gasteiger partial charge in [0.25, 0.3) is 11.3 Å². The van der Waals surface area contributed by atoms with Crippen LogP contribution in [0.15, 0.2) is 81.7 Å². The number of rotatable bonds is 8. The van der Waals surface area contributed by atoms with E-state index in [9.17, 15) is 25.3 Å². The Kier molecular flexibility index (Phi) is 7.57. The quantitative estimate of drug-likeness (QED) is 0.226. The van der Waals surface area contributed by atoms with Crippen molar-refractivity contribution in [1.82, 2.24) is 4.57 Å². The first-order valence-corrected chi connectivity index (χ1v) is 8.89. The number of aromatic nitrogens is 1. The molecule has 0 aliphatic heterocycles. The average molecular weight is 421 g/mol. The average Bonchev–Trinajstić information content (AvgIpc) is 2.76. The number of hydrogen-bond donors (Lipinski definition) is 1. The molecule has 0 amide bonds. The molecule has 10 nitrogen and oxygen atoms in total. The zero-order valence-electron chi connectivity index (χ0n) is 16.8. The van der Waals surface area contributed by atoms with E-state index in [2.05, 4.69) is 16.8 Å². The third kappa shape index (κ3) is 5.30. The molecule has 0 saturated carbocycles. The van der Waals surface area contributed by atoms with Crippen LogP contribution >= 0.6 is 0 Å². The van der Waals surface area contributed by atoms with E-state index >= 15 is 0 Å². The van der Waals surface area contributed by atoms with Gasteiger partial charge in [-0.25, -0.2) is 0 Å². The fourth-order valence-electron chi connectivity index (χ4n) is 2.49. The predicted molar refractivity (Wildman–Crippen MR) is 112 cm³/mol. The van der Waals surface area contributed by atoms with Crippen molar-refractivity contribution in [1.29, 1.82) is 5.26 Å². The van der Waals surface area contributed by atoms with Crippen LogP contribution in [-0.4, -0.2) is 14.6 Å². The van der Waals surface area contributed by atoms with E-state index in [0.717, 1.165) is 28.5 Å². The lowest BCUT2D eigenvalue weighted by Gasteiger charge is -2.08. The lowest BCUT2D eigenvalue weighted by Crippen LogP contribution is -2.18. The third-order valence-electron chi connectivity index (χ3n) is 4.22. The van der Waals surface area contributed by atoms with Gasteiger partial charge in [0.05, 0.1) is 17.3 Å². The van der Waals surface area contributed by atoms with E-state index < -0.39 is 22.1 Å². The van der Waals surface area contributed by atoms with Crippen molar-refractivity contribution in [3.05, 3.63) is 104 Å². The lowest BCUT2D eigenvalue weighted by atomic mass is 10.1. The molecule has 10 heteroatoms. The van der Waals surface area contributed by atoms with Gasteiger partial charge in [0.15, 0.2) is 11.4 Å². The molecule has 1 aromatic carbocycles. The third-order valence-corrected chi connectivity index (χ3v) is 4.22. The van der Waals surface area contributed by atoms with Crippen LogP contribution in [0.5, 0.6) is 5.88 Å². The van der Waals surface area contributed by atoms with Crippen LogP contribution in [0.2, 0.25) is 0 Å². The van der Waals surface area contributed by atoms with Gasteiger partial charge in [-0.1, -0.05) is 36.9 Å². The molecule has 2 rings (SSSR count). The van der Waals surface area contributed by atoms with Gasteiger partial charge in [-0.2, -0.15) is 5.26 Å². The van der Waals surface area contributed by atoms with Crippen molar-refractivity contribution in [2.24, 2.45) is 17.3 Å². The number of pyridine rings is 1. The highest BCUT2D eigenvalue weighted by molar-refractivity contribution is 5.56. The zero-order chi connectivity index (χ0) is 23.0. The van der Waals surface area contributed by atoms with Crippen LogP contribution in [0.1, 0.15) is 16.7 Å². The van der Waals surface area contributed by atoms with Crippen molar-refractivity contribution in [3.63, 3.8) is 0 Å². The number of allylic oxidation sites excluding steroid dienone is 2. The van der Waals surface area contributed by atoms with E-state index in [0.29, 0.717) is 0 Å². The first-order chi connectivity index (χ1) is 14.8. The maximum Gasteiger partial charge on any atom is 0.299 e. The summed E-state index contributed by atoms with van der Waals surface area (Å²) in [6.07, 6.45) is 3.36. The van der Waals surface area contributed by atoms with Gasteiger partial charge in [-0.3, -0.25) is 19.5 Å². The van der Waals surface area contributed by atoms with Crippen LogP contribution < -0.4 is 5.56 Å². The van der Waals surface area contributed by atoms with Crippen molar-refractivity contribution >= 4 is 5.69 Å². The molecule has 0 saturated heterocycles. The summed E-state index contributed by atoms with van der Waals surface area (Å²) in [4.78, 5) is 23.1. The number of benzene rings is 1. The number of nitro groups is 1. The van der Waals surface area contributed by atoms with Gasteiger partial charge in [0.2, 0.25) is 5.88 Å². The number of ether oxygens (including phenoxy) is 1. The molecule has 0 spiro atoms. The van der Waals surface area contributed by atoms with Gasteiger partial charge in [-0.05, 0) is 18.6 Å². The van der Waals surface area contributed by atoms with Crippen molar-refractivity contribution < 1.29 is 14.8 Å². The maximum absolute atomic E-state index is 12.4. The predicted octanol–water partition coefficient (Wildman–Crippen LogP) is 3.76. The summed E-state index contributed by atoms with van der Waals surface area (Å²) < 4.78 is 6.15. The summed E-state index contributed by atoms with van der Waals surface area (Å²) in [7, 11) is 1.26. The lowest BCUT2D eigenvalue weighted by molar-refractivity contribution is -0.420. The second-order valence-corrected chi connectivity index (χ2v) is 6.18. The van der Waals surface area contributed by atoms with Crippen LogP contribution in [-0.2, 0) is 18.4 Å². The highest BCUT2D eigenvalue weighted by Crippen LogP contribution is 2.25. The van der Waals surface area contributed by atoms with E-state index in [1.165, 1.54) is 14.0 Å². The number of nitriles is 1. The van der Waals surface area contributed by atoms with Gasteiger partial charge >= 0.3 is 0 Å². The van der Waals surface area contributed by atoms with E-state index in [-0.39, 0.29) is 29.1 Å². The highest BCUT2D eigenvalue weighted by atomic mass is 16.6. The van der Waals surface area contributed by atoms with Crippen molar-refractivity contribution in [3.8, 4) is 11.9 Å². The monoisotopic (exact) mass is 421 g/mol. The van der Waals surface area contributed by atoms with Crippen LogP contribution in [0.25, 0.3) is 0 Å². The molecule has 0 aliphatic rings. The summed E-state index contributed by atoms with van der Waals surface area (Å²) in [6.45, 7) is 5.13. The molecule has 0 fully saturated rings. The molecule has 0 atom stereocenters. The highest BCUT2D eigenvalue weighted by Gasteiger charge is 2.18. The minimum absolute atomic E-state index is 0.0969. The minimum Gasteiger partial charge on any atom is -0.496 e. The Hall–Kier alpha value is -4.52. The molecule has 1 aromatic heterocycles. The first-order valence-electron chi connectivity index (χ1n) is 8.89. The van der Waals surface area contributed by atoms with E-state index in [4.69, 9.17) is 4.74 Å². The number of hydrogen-bond acceptors (Lipinski definition) is 8. The summed E-state index contributed by atoms with van der Waals surface area (Å²) >= 11 is 0. The molecule has 2 aromatic rings. The Morgan fingerprint density at radius 3 is 2.68 bits per heavy atom. The largest absolute Gasteiger partial charge is 0.496 e. The Balaban J connectivity index is 2.38. The number of nitrogens with zero attached hydrogens (tertiary/aromatic N) is 5. The number of aromatic hydroxyl groups is 1. The van der Waals surface area contributed by atoms with Crippen LogP contribution in [0.4, 0.5) is 5.69 Å². The Labute approximate surface area is 177 Å². The molecular weight excluding hydrogens is 402 g/mol. The standard InChI is InChI=1S/C21H19N5O5/c1-4-17(18(26(29)30)10-11-31-13-15-8-6-5-7-9-15)23-24-19-14(2)16(12-22)20(27)25(3)21(19)28/h4-11,27H,1,13H2,2-3H3/b11-10+,18-17-,24-23?. The Morgan fingerprint density at radius 1 is 1.42 bits per heavy atom. The normalized spacial score (nSPS) is 11.9. The molecular formula is C21H19N5O5. The fraction of sp³-hybridized carbons (Fsp3) is 0.143. The second kappa shape index (κ2) is 10.3. The van der Waals surface area contributed by atoms with Crippen LogP contribution in [0.3, 0.4) is 0 Å². The molecule has 0 unspecified atom stereocenters. The molecule has 0 bridgehead atoms. The van der Waals surface area contributed by atoms with E-state index in [1.54, 1.807) is 6.07 Å². The number of azo groups is 1. The van der Waals surface area contributed by atoms with Gasteiger partial charge in [0.1, 0.15) is 18.2 Å². The topological polar surface area (TPSA) is 143 Å². The Bertz CT molecular complexity index is 1190. The minimum atomic E-state index is -0.717. The SMILES string of the molecule is C=C/C(N=Nc1c(C)c(C#N)c(O)n(C)c1=O)=C(\C=C\OCc1ccccc1)[N+](=O)[O-]. The summed E-state index contributed by atoms with van der Waals surface area (Å²) in [6, 6.07) is 11.0.